The van der Waals surface area contributed by atoms with Crippen molar-refractivity contribution >= 4 is 11.5 Å². The first kappa shape index (κ1) is 17.1. The van der Waals surface area contributed by atoms with Gasteiger partial charge in [-0.2, -0.15) is 4.94 Å². The topological polar surface area (TPSA) is 51.5 Å². The summed E-state index contributed by atoms with van der Waals surface area (Å²) in [7, 11) is 0. The number of rotatable bonds is 6. The zero-order chi connectivity index (χ0) is 18.6. The number of imidazole rings is 1. The molecule has 7 heteroatoms. The molecule has 0 aliphatic carbocycles. The van der Waals surface area contributed by atoms with Gasteiger partial charge in [-0.1, -0.05) is 36.4 Å². The zero-order valence-corrected chi connectivity index (χ0v) is 14.3. The molecule has 2 aromatic heterocycles. The van der Waals surface area contributed by atoms with Crippen LogP contribution in [0.1, 0.15) is 11.1 Å². The minimum absolute atomic E-state index is 0.0746. The molecule has 136 valence electrons. The highest BCUT2D eigenvalue weighted by Gasteiger charge is 2.10. The lowest BCUT2D eigenvalue weighted by Gasteiger charge is -2.08. The van der Waals surface area contributed by atoms with Gasteiger partial charge in [0.05, 0.1) is 11.9 Å². The predicted molar refractivity (Wildman–Crippen MR) is 98.0 cm³/mol. The molecule has 0 aliphatic rings. The Morgan fingerprint density at radius 3 is 2.44 bits per heavy atom. The van der Waals surface area contributed by atoms with Crippen molar-refractivity contribution in [1.82, 2.24) is 14.4 Å². The summed E-state index contributed by atoms with van der Waals surface area (Å²) in [5.74, 6) is 0.372. The van der Waals surface area contributed by atoms with Gasteiger partial charge < -0.3 is 5.32 Å². The summed E-state index contributed by atoms with van der Waals surface area (Å²) < 4.78 is 26.9. The van der Waals surface area contributed by atoms with E-state index in [0.29, 0.717) is 18.0 Å². The quantitative estimate of drug-likeness (QED) is 0.544. The molecule has 2 heterocycles. The van der Waals surface area contributed by atoms with Crippen LogP contribution in [-0.2, 0) is 18.1 Å². The second-order valence-electron chi connectivity index (χ2n) is 6.04. The van der Waals surface area contributed by atoms with Crippen molar-refractivity contribution in [3.8, 4) is 11.3 Å². The van der Waals surface area contributed by atoms with Gasteiger partial charge >= 0.3 is 0 Å². The molecule has 0 saturated heterocycles. The Bertz CT molecular complexity index is 1050. The number of hydrogen-bond acceptors (Lipinski definition) is 4. The van der Waals surface area contributed by atoms with E-state index in [-0.39, 0.29) is 12.4 Å². The average Bonchev–Trinajstić information content (AvgIpc) is 3.13. The summed E-state index contributed by atoms with van der Waals surface area (Å²) in [4.78, 5) is 12.5. The van der Waals surface area contributed by atoms with Gasteiger partial charge in [0, 0.05) is 24.5 Å². The SMILES string of the molecule is FOCc1ccc(-c2cnc3c(NCc4ccc(F)cc4)nccn23)cc1. The second kappa shape index (κ2) is 7.51. The van der Waals surface area contributed by atoms with Gasteiger partial charge in [0.2, 0.25) is 0 Å². The molecule has 5 nitrogen and oxygen atoms in total. The number of aromatic nitrogens is 3. The van der Waals surface area contributed by atoms with E-state index in [0.717, 1.165) is 22.4 Å². The van der Waals surface area contributed by atoms with Crippen molar-refractivity contribution < 1.29 is 13.9 Å². The number of nitrogens with one attached hydrogen (secondary N) is 1. The first-order valence-electron chi connectivity index (χ1n) is 8.38. The van der Waals surface area contributed by atoms with Crippen molar-refractivity contribution in [2.75, 3.05) is 5.32 Å². The van der Waals surface area contributed by atoms with Crippen LogP contribution in [0.15, 0.2) is 67.1 Å². The molecular formula is C20H16F2N4O. The smallest absolute Gasteiger partial charge is 0.180 e. The van der Waals surface area contributed by atoms with Crippen LogP contribution in [0.25, 0.3) is 16.9 Å². The maximum absolute atomic E-state index is 13.0. The largest absolute Gasteiger partial charge is 0.363 e. The molecule has 0 spiro atoms. The van der Waals surface area contributed by atoms with Gasteiger partial charge in [-0.3, -0.25) is 4.40 Å². The summed E-state index contributed by atoms with van der Waals surface area (Å²) in [5, 5.41) is 3.24. The third-order valence-electron chi connectivity index (χ3n) is 4.27. The summed E-state index contributed by atoms with van der Waals surface area (Å²) in [6.07, 6.45) is 5.29. The number of hydrogen-bond donors (Lipinski definition) is 1. The van der Waals surface area contributed by atoms with E-state index in [1.165, 1.54) is 12.1 Å². The number of benzene rings is 2. The maximum Gasteiger partial charge on any atom is 0.180 e. The normalized spacial score (nSPS) is 11.0. The third kappa shape index (κ3) is 3.63. The number of halogens is 2. The van der Waals surface area contributed by atoms with E-state index in [1.54, 1.807) is 24.5 Å². The van der Waals surface area contributed by atoms with Gasteiger partial charge in [0.1, 0.15) is 12.4 Å². The summed E-state index contributed by atoms with van der Waals surface area (Å²) in [6.45, 7) is 0.432. The van der Waals surface area contributed by atoms with Gasteiger partial charge in [-0.25, -0.2) is 14.4 Å². The van der Waals surface area contributed by atoms with E-state index in [2.05, 4.69) is 20.2 Å². The van der Waals surface area contributed by atoms with Gasteiger partial charge in [0.15, 0.2) is 11.5 Å². The van der Waals surface area contributed by atoms with Crippen LogP contribution >= 0.6 is 0 Å². The van der Waals surface area contributed by atoms with Gasteiger partial charge in [0.25, 0.3) is 0 Å². The van der Waals surface area contributed by atoms with Crippen LogP contribution in [0.5, 0.6) is 0 Å². The highest BCUT2D eigenvalue weighted by molar-refractivity contribution is 5.70. The molecule has 4 rings (SSSR count). The van der Waals surface area contributed by atoms with Crippen LogP contribution < -0.4 is 5.32 Å². The van der Waals surface area contributed by atoms with E-state index in [9.17, 15) is 8.92 Å². The van der Waals surface area contributed by atoms with Crippen LogP contribution in [0.2, 0.25) is 0 Å². The predicted octanol–water partition coefficient (Wildman–Crippen LogP) is 4.55. The number of nitrogens with zero attached hydrogens (tertiary/aromatic N) is 3. The minimum atomic E-state index is -0.263. The lowest BCUT2D eigenvalue weighted by atomic mass is 10.1. The van der Waals surface area contributed by atoms with Crippen molar-refractivity contribution in [3.63, 3.8) is 0 Å². The molecule has 2 aromatic carbocycles. The molecule has 0 unspecified atom stereocenters. The fraction of sp³-hybridized carbons (Fsp3) is 0.100. The molecule has 0 amide bonds. The molecule has 0 fully saturated rings. The van der Waals surface area contributed by atoms with Crippen LogP contribution in [0.3, 0.4) is 0 Å². The molecule has 0 atom stereocenters. The Morgan fingerprint density at radius 2 is 1.70 bits per heavy atom. The van der Waals surface area contributed by atoms with Crippen LogP contribution in [0.4, 0.5) is 14.7 Å². The van der Waals surface area contributed by atoms with Crippen LogP contribution in [-0.4, -0.2) is 14.4 Å². The minimum Gasteiger partial charge on any atom is -0.363 e. The standard InChI is InChI=1S/C20H16F2N4O/c21-17-7-3-14(4-8-17)11-24-19-20-25-12-18(26(20)10-9-23-19)16-5-1-15(2-6-16)13-27-22/h1-10,12H,11,13H2,(H,23,24). The van der Waals surface area contributed by atoms with Gasteiger partial charge in [-0.15, -0.1) is 0 Å². The molecule has 27 heavy (non-hydrogen) atoms. The van der Waals surface area contributed by atoms with E-state index in [4.69, 9.17) is 0 Å². The molecule has 0 radical (unpaired) electrons. The van der Waals surface area contributed by atoms with Crippen molar-refractivity contribution in [3.05, 3.63) is 84.1 Å². The first-order valence-corrected chi connectivity index (χ1v) is 8.38. The molecule has 4 aromatic rings. The third-order valence-corrected chi connectivity index (χ3v) is 4.27. The van der Waals surface area contributed by atoms with Crippen LogP contribution in [0, 0.1) is 5.82 Å². The summed E-state index contributed by atoms with van der Waals surface area (Å²) >= 11 is 0. The first-order chi connectivity index (χ1) is 13.2. The fourth-order valence-electron chi connectivity index (χ4n) is 2.88. The highest BCUT2D eigenvalue weighted by atomic mass is 19.3. The van der Waals surface area contributed by atoms with Crippen molar-refractivity contribution in [2.24, 2.45) is 0 Å². The summed E-state index contributed by atoms with van der Waals surface area (Å²) in [6, 6.07) is 13.7. The zero-order valence-electron chi connectivity index (χ0n) is 14.3. The van der Waals surface area contributed by atoms with Gasteiger partial charge in [-0.05, 0) is 27.8 Å². The molecule has 1 N–H and O–H groups in total. The Morgan fingerprint density at radius 1 is 0.963 bits per heavy atom. The molecular weight excluding hydrogens is 350 g/mol. The van der Waals surface area contributed by atoms with E-state index in [1.807, 2.05) is 34.9 Å². The van der Waals surface area contributed by atoms with Crippen molar-refractivity contribution in [1.29, 1.82) is 0 Å². The lowest BCUT2D eigenvalue weighted by molar-refractivity contribution is -0.144. The lowest BCUT2D eigenvalue weighted by Crippen LogP contribution is -2.04. The monoisotopic (exact) mass is 366 g/mol. The average molecular weight is 366 g/mol. The molecule has 0 bridgehead atoms. The Balaban J connectivity index is 1.60. The number of fused-ring (bicyclic) bond motifs is 1. The Hall–Kier alpha value is -3.32. The van der Waals surface area contributed by atoms with E-state index >= 15 is 0 Å². The Kier molecular flexibility index (Phi) is 4.76. The summed E-state index contributed by atoms with van der Waals surface area (Å²) in [5.41, 5.74) is 4.22. The maximum atomic E-state index is 13.0. The van der Waals surface area contributed by atoms with E-state index < -0.39 is 0 Å². The fourth-order valence-corrected chi connectivity index (χ4v) is 2.88. The molecule has 0 saturated carbocycles. The number of anilines is 1. The Labute approximate surface area is 154 Å². The molecule has 0 aliphatic heterocycles. The highest BCUT2D eigenvalue weighted by Crippen LogP contribution is 2.24. The van der Waals surface area contributed by atoms with Crippen molar-refractivity contribution in [2.45, 2.75) is 13.2 Å². The second-order valence-corrected chi connectivity index (χ2v) is 6.04.